The fourth-order valence-corrected chi connectivity index (χ4v) is 5.41. The lowest BCUT2D eigenvalue weighted by molar-refractivity contribution is -0.144. The highest BCUT2D eigenvalue weighted by molar-refractivity contribution is 6.08. The maximum atomic E-state index is 13.1. The van der Waals surface area contributed by atoms with Gasteiger partial charge in [-0.2, -0.15) is 52.7 Å². The maximum Gasteiger partial charge on any atom is 0.416 e. The molecule has 0 heterocycles. The van der Waals surface area contributed by atoms with Crippen molar-refractivity contribution in [3.8, 4) is 0 Å². The number of carbonyl (C=O) groups is 4. The van der Waals surface area contributed by atoms with E-state index in [9.17, 15) is 71.9 Å². The average molecular weight is 869 g/mol. The van der Waals surface area contributed by atoms with E-state index >= 15 is 0 Å². The fourth-order valence-electron chi connectivity index (χ4n) is 5.41. The molecule has 4 rings (SSSR count). The van der Waals surface area contributed by atoms with Crippen molar-refractivity contribution >= 4 is 35.0 Å². The Morgan fingerprint density at radius 2 is 0.667 bits per heavy atom. The summed E-state index contributed by atoms with van der Waals surface area (Å²) in [5, 5.41) is 17.3. The van der Waals surface area contributed by atoms with E-state index in [1.807, 2.05) is 0 Å². The molecule has 0 saturated heterocycles. The van der Waals surface area contributed by atoms with Crippen LogP contribution in [0.15, 0.2) is 84.9 Å². The summed E-state index contributed by atoms with van der Waals surface area (Å²) in [6.45, 7) is 6.07. The summed E-state index contributed by atoms with van der Waals surface area (Å²) in [5.41, 5.74) is -4.83. The number of hydroxylamine groups is 2. The van der Waals surface area contributed by atoms with Gasteiger partial charge in [0.2, 0.25) is 0 Å². The second-order valence-corrected chi connectivity index (χ2v) is 13.1. The molecule has 0 bridgehead atoms. The van der Waals surface area contributed by atoms with Crippen LogP contribution >= 0.6 is 0 Å². The van der Waals surface area contributed by atoms with Gasteiger partial charge < -0.3 is 9.80 Å². The Balaban J connectivity index is 0.000000320. The van der Waals surface area contributed by atoms with Crippen LogP contribution in [0.2, 0.25) is 0 Å². The molecule has 10 nitrogen and oxygen atoms in total. The zero-order chi connectivity index (χ0) is 45.7. The Labute approximate surface area is 331 Å². The molecular formula is C38H32F12N4O6. The molecule has 22 heteroatoms. The first-order valence-corrected chi connectivity index (χ1v) is 16.9. The number of halogens is 12. The first-order chi connectivity index (χ1) is 27.5. The number of nitrogens with zero attached hydrogens (tertiary/aromatic N) is 2. The van der Waals surface area contributed by atoms with Gasteiger partial charge in [-0.25, -0.2) is 11.0 Å². The largest absolute Gasteiger partial charge is 0.416 e. The van der Waals surface area contributed by atoms with Crippen LogP contribution in [-0.2, 0) is 24.7 Å². The van der Waals surface area contributed by atoms with Gasteiger partial charge in [0.1, 0.15) is 0 Å². The molecule has 4 aromatic rings. The van der Waals surface area contributed by atoms with Gasteiger partial charge in [0.25, 0.3) is 23.6 Å². The Bertz CT molecular complexity index is 1960. The quantitative estimate of drug-likeness (QED) is 0.0791. The first kappa shape index (κ1) is 48.2. The predicted molar refractivity (Wildman–Crippen MR) is 188 cm³/mol. The fraction of sp³-hybridized carbons (Fsp3) is 0.263. The number of rotatable bonds is 8. The number of hydrogen-bond donors (Lipinski definition) is 4. The predicted octanol–water partition coefficient (Wildman–Crippen LogP) is 9.80. The molecule has 0 atom stereocenters. The van der Waals surface area contributed by atoms with Gasteiger partial charge in [0.15, 0.2) is 0 Å². The molecule has 324 valence electrons. The topological polar surface area (TPSA) is 139 Å². The lowest BCUT2D eigenvalue weighted by atomic mass is 10.0. The van der Waals surface area contributed by atoms with Crippen LogP contribution in [0, 0.1) is 0 Å². The molecular weight excluding hydrogens is 836 g/mol. The van der Waals surface area contributed by atoms with Crippen LogP contribution in [0.3, 0.4) is 0 Å². The van der Waals surface area contributed by atoms with Crippen molar-refractivity contribution in [1.82, 2.24) is 11.0 Å². The van der Waals surface area contributed by atoms with Gasteiger partial charge >= 0.3 is 24.7 Å². The highest BCUT2D eigenvalue weighted by Crippen LogP contribution is 2.39. The first-order valence-electron chi connectivity index (χ1n) is 16.9. The molecule has 0 saturated carbocycles. The molecule has 0 radical (unpaired) electrons. The number of carbonyl (C=O) groups excluding carboxylic acids is 4. The highest BCUT2D eigenvalue weighted by Gasteiger charge is 2.40. The van der Waals surface area contributed by atoms with Gasteiger partial charge in [-0.1, -0.05) is 0 Å². The molecule has 0 unspecified atom stereocenters. The highest BCUT2D eigenvalue weighted by atomic mass is 19.4. The molecule has 0 fully saturated rings. The van der Waals surface area contributed by atoms with E-state index in [0.29, 0.717) is 24.3 Å². The van der Waals surface area contributed by atoms with E-state index in [2.05, 4.69) is 0 Å². The second kappa shape index (κ2) is 18.4. The number of amides is 4. The molecule has 60 heavy (non-hydrogen) atoms. The van der Waals surface area contributed by atoms with Gasteiger partial charge in [-0.15, -0.1) is 0 Å². The van der Waals surface area contributed by atoms with E-state index in [-0.39, 0.29) is 34.6 Å². The van der Waals surface area contributed by atoms with Crippen LogP contribution in [-0.4, -0.2) is 46.1 Å². The van der Waals surface area contributed by atoms with E-state index in [0.717, 1.165) is 9.80 Å². The molecule has 0 aliphatic rings. The zero-order valence-corrected chi connectivity index (χ0v) is 31.2. The number of hydrogen-bond acceptors (Lipinski definition) is 6. The van der Waals surface area contributed by atoms with Crippen LogP contribution < -0.4 is 20.8 Å². The van der Waals surface area contributed by atoms with Gasteiger partial charge in [-0.05, 0) is 113 Å². The number of nitrogens with one attached hydrogen (secondary N) is 2. The standard InChI is InChI=1S/2C19H16F6N2O3/c2*1-10(2)27(15-5-3-11(4-6-15)16(28)26-30)17(29)12-7-13(18(20,21)22)9-14(8-12)19(23,24)25/h2*3-10,30H,1-2H3,(H,26,28). The Morgan fingerprint density at radius 1 is 0.433 bits per heavy atom. The Kier molecular flexibility index (Phi) is 14.8. The summed E-state index contributed by atoms with van der Waals surface area (Å²) in [4.78, 5) is 50.6. The van der Waals surface area contributed by atoms with Crippen LogP contribution in [0.1, 0.15) is 91.4 Å². The third-order valence-corrected chi connectivity index (χ3v) is 8.16. The average Bonchev–Trinajstić information content (AvgIpc) is 3.16. The molecule has 4 amide bonds. The van der Waals surface area contributed by atoms with Crippen molar-refractivity contribution in [1.29, 1.82) is 0 Å². The third-order valence-electron chi connectivity index (χ3n) is 8.16. The normalized spacial score (nSPS) is 12.1. The maximum absolute atomic E-state index is 13.1. The molecule has 4 N–H and O–H groups in total. The summed E-state index contributed by atoms with van der Waals surface area (Å²) in [7, 11) is 0. The van der Waals surface area contributed by atoms with Crippen molar-refractivity contribution in [2.24, 2.45) is 0 Å². The summed E-state index contributed by atoms with van der Waals surface area (Å²) in [6, 6.07) is 10.1. The lowest BCUT2D eigenvalue weighted by Crippen LogP contribution is -2.37. The monoisotopic (exact) mass is 868 g/mol. The lowest BCUT2D eigenvalue weighted by Gasteiger charge is -2.28. The van der Waals surface area contributed by atoms with Gasteiger partial charge in [0.05, 0.1) is 22.3 Å². The third kappa shape index (κ3) is 12.0. The summed E-state index contributed by atoms with van der Waals surface area (Å²) in [5.74, 6) is -3.84. The minimum Gasteiger partial charge on any atom is -0.306 e. The van der Waals surface area contributed by atoms with E-state index in [4.69, 9.17) is 10.4 Å². The summed E-state index contributed by atoms with van der Waals surface area (Å²) >= 11 is 0. The zero-order valence-electron chi connectivity index (χ0n) is 31.2. The Morgan fingerprint density at radius 3 is 0.850 bits per heavy atom. The minimum atomic E-state index is -5.09. The van der Waals surface area contributed by atoms with Gasteiger partial charge in [-0.3, -0.25) is 29.6 Å². The van der Waals surface area contributed by atoms with E-state index in [1.54, 1.807) is 0 Å². The van der Waals surface area contributed by atoms with Gasteiger partial charge in [0, 0.05) is 45.7 Å². The van der Waals surface area contributed by atoms with Crippen molar-refractivity contribution in [3.05, 3.63) is 129 Å². The van der Waals surface area contributed by atoms with E-state index < -0.39 is 93.8 Å². The smallest absolute Gasteiger partial charge is 0.306 e. The SMILES string of the molecule is CC(C)N(C(=O)c1cc(C(F)(F)F)cc(C(F)(F)F)c1)c1ccc(C(=O)NO)cc1.CC(C)N(C(=O)c1cc(C(F)(F)F)cc(C(F)(F)F)c1)c1ccc(C(=O)NO)cc1. The number of benzene rings is 4. The van der Waals surface area contributed by atoms with Crippen molar-refractivity contribution < 1.29 is 82.3 Å². The molecule has 0 aliphatic heterocycles. The van der Waals surface area contributed by atoms with Crippen molar-refractivity contribution in [3.63, 3.8) is 0 Å². The summed E-state index contributed by atoms with van der Waals surface area (Å²) in [6.07, 6.45) is -20.3. The van der Waals surface area contributed by atoms with Crippen molar-refractivity contribution in [2.45, 2.75) is 64.5 Å². The van der Waals surface area contributed by atoms with Crippen molar-refractivity contribution in [2.75, 3.05) is 9.80 Å². The molecule has 0 aromatic heterocycles. The molecule has 4 aromatic carbocycles. The summed E-state index contributed by atoms with van der Waals surface area (Å²) < 4.78 is 157. The molecule has 0 aliphatic carbocycles. The number of anilines is 2. The van der Waals surface area contributed by atoms with Crippen LogP contribution in [0.4, 0.5) is 64.1 Å². The molecule has 0 spiro atoms. The second-order valence-electron chi connectivity index (χ2n) is 13.1. The number of alkyl halides is 12. The Hall–Kier alpha value is -6.16. The van der Waals surface area contributed by atoms with Crippen LogP contribution in [0.5, 0.6) is 0 Å². The van der Waals surface area contributed by atoms with E-state index in [1.165, 1.54) is 87.2 Å². The van der Waals surface area contributed by atoms with Crippen LogP contribution in [0.25, 0.3) is 0 Å². The minimum absolute atomic E-state index is 0.0239.